The van der Waals surface area contributed by atoms with Gasteiger partial charge in [-0.05, 0) is 57.0 Å². The fourth-order valence-electron chi connectivity index (χ4n) is 3.55. The van der Waals surface area contributed by atoms with Crippen LogP contribution in [0, 0.1) is 0 Å². The average molecular weight is 495 g/mol. The van der Waals surface area contributed by atoms with Gasteiger partial charge in [0.1, 0.15) is 12.1 Å². The number of alkyl carbamates (subject to hydrolysis) is 1. The normalized spacial score (nSPS) is 12.7. The minimum absolute atomic E-state index is 0.130. The number of carbonyl (C=O) groups excluding carboxylic acids is 5. The third-order valence-electron chi connectivity index (χ3n) is 5.16. The van der Waals surface area contributed by atoms with Crippen LogP contribution in [0.5, 0.6) is 0 Å². The van der Waals surface area contributed by atoms with Gasteiger partial charge in [-0.3, -0.25) is 24.1 Å². The molecule has 1 heterocycles. The molecule has 36 heavy (non-hydrogen) atoms. The van der Waals surface area contributed by atoms with Crippen LogP contribution in [-0.4, -0.2) is 53.3 Å². The Morgan fingerprint density at radius 2 is 1.56 bits per heavy atom. The van der Waals surface area contributed by atoms with Crippen molar-refractivity contribution in [3.05, 3.63) is 65.2 Å². The second-order valence-corrected chi connectivity index (χ2v) is 9.29. The number of anilines is 1. The van der Waals surface area contributed by atoms with E-state index in [-0.39, 0.29) is 49.7 Å². The summed E-state index contributed by atoms with van der Waals surface area (Å²) in [6.45, 7) is 5.33. The fraction of sp³-hybridized carbons (Fsp3) is 0.346. The van der Waals surface area contributed by atoms with Crippen molar-refractivity contribution in [3.63, 3.8) is 0 Å². The Morgan fingerprint density at radius 1 is 0.889 bits per heavy atom. The largest absolute Gasteiger partial charge is 0.444 e. The topological polar surface area (TPSA) is 134 Å². The summed E-state index contributed by atoms with van der Waals surface area (Å²) in [6.07, 6.45) is -0.215. The summed E-state index contributed by atoms with van der Waals surface area (Å²) in [5, 5.41) is 7.86. The lowest BCUT2D eigenvalue weighted by Crippen LogP contribution is -2.39. The molecule has 0 bridgehead atoms. The van der Waals surface area contributed by atoms with Crippen LogP contribution in [0.3, 0.4) is 0 Å². The predicted octanol–water partition coefficient (Wildman–Crippen LogP) is 2.84. The zero-order chi connectivity index (χ0) is 26.3. The van der Waals surface area contributed by atoms with Crippen molar-refractivity contribution in [2.24, 2.45) is 0 Å². The summed E-state index contributed by atoms with van der Waals surface area (Å²) in [4.78, 5) is 62.0. The Hall–Kier alpha value is -4.21. The van der Waals surface area contributed by atoms with Gasteiger partial charge in [0.2, 0.25) is 11.8 Å². The second kappa shape index (κ2) is 11.5. The highest BCUT2D eigenvalue weighted by atomic mass is 16.6. The van der Waals surface area contributed by atoms with E-state index >= 15 is 0 Å². The number of rotatable bonds is 9. The summed E-state index contributed by atoms with van der Waals surface area (Å²) in [6, 6.07) is 13.6. The van der Waals surface area contributed by atoms with E-state index in [1.165, 1.54) is 4.90 Å². The Bertz CT molecular complexity index is 1140. The van der Waals surface area contributed by atoms with Crippen LogP contribution in [0.25, 0.3) is 0 Å². The van der Waals surface area contributed by atoms with Crippen molar-refractivity contribution in [2.75, 3.05) is 18.4 Å². The van der Waals surface area contributed by atoms with Gasteiger partial charge < -0.3 is 20.7 Å². The van der Waals surface area contributed by atoms with Gasteiger partial charge in [0.15, 0.2) is 0 Å². The van der Waals surface area contributed by atoms with Crippen LogP contribution in [0.4, 0.5) is 10.5 Å². The van der Waals surface area contributed by atoms with E-state index in [9.17, 15) is 24.0 Å². The predicted molar refractivity (Wildman–Crippen MR) is 132 cm³/mol. The minimum atomic E-state index is -0.676. The first-order valence-electron chi connectivity index (χ1n) is 11.6. The number of carbonyl (C=O) groups is 5. The number of fused-ring (bicyclic) bond motifs is 1. The van der Waals surface area contributed by atoms with Gasteiger partial charge in [-0.25, -0.2) is 4.79 Å². The van der Waals surface area contributed by atoms with Gasteiger partial charge in [0.25, 0.3) is 11.8 Å². The molecule has 0 saturated heterocycles. The van der Waals surface area contributed by atoms with Gasteiger partial charge in [0, 0.05) is 25.2 Å². The van der Waals surface area contributed by atoms with Crippen molar-refractivity contribution in [3.8, 4) is 0 Å². The first-order chi connectivity index (χ1) is 17.0. The zero-order valence-corrected chi connectivity index (χ0v) is 20.6. The van der Waals surface area contributed by atoms with Crippen LogP contribution in [-0.2, 0) is 20.9 Å². The molecule has 0 spiro atoms. The number of hydrogen-bond acceptors (Lipinski definition) is 6. The smallest absolute Gasteiger partial charge is 0.408 e. The molecule has 190 valence electrons. The van der Waals surface area contributed by atoms with E-state index in [0.29, 0.717) is 23.2 Å². The van der Waals surface area contributed by atoms with E-state index in [1.54, 1.807) is 69.3 Å². The van der Waals surface area contributed by atoms with Crippen molar-refractivity contribution in [1.29, 1.82) is 0 Å². The van der Waals surface area contributed by atoms with Crippen LogP contribution in [0.1, 0.15) is 59.9 Å². The molecule has 2 aromatic rings. The van der Waals surface area contributed by atoms with Gasteiger partial charge in [-0.2, -0.15) is 0 Å². The van der Waals surface area contributed by atoms with E-state index < -0.39 is 11.7 Å². The van der Waals surface area contributed by atoms with Crippen molar-refractivity contribution in [2.45, 2.75) is 45.8 Å². The second-order valence-electron chi connectivity index (χ2n) is 9.29. The summed E-state index contributed by atoms with van der Waals surface area (Å²) >= 11 is 0. The molecule has 0 radical (unpaired) electrons. The molecule has 0 atom stereocenters. The highest BCUT2D eigenvalue weighted by Crippen LogP contribution is 2.22. The third-order valence-corrected chi connectivity index (χ3v) is 5.16. The van der Waals surface area contributed by atoms with Crippen molar-refractivity contribution in [1.82, 2.24) is 15.5 Å². The number of imide groups is 1. The molecule has 10 heteroatoms. The highest BCUT2D eigenvalue weighted by molar-refractivity contribution is 6.21. The molecule has 1 aliphatic heterocycles. The molecule has 1 aliphatic rings. The standard InChI is InChI=1S/C26H30N4O6/c1-26(2,3)36-25(35)28-16-22(32)27-15-17-8-6-9-18(14-17)29-21(31)12-7-13-30-23(33)19-10-4-5-11-20(19)24(30)34/h4-6,8-11,14H,7,12-13,15-16H2,1-3H3,(H,27,32)(H,28,35)(H,29,31). The first kappa shape index (κ1) is 26.4. The number of nitrogens with one attached hydrogen (secondary N) is 3. The zero-order valence-electron chi connectivity index (χ0n) is 20.6. The van der Waals surface area contributed by atoms with Crippen LogP contribution >= 0.6 is 0 Å². The molecular formula is C26H30N4O6. The van der Waals surface area contributed by atoms with Crippen LogP contribution in [0.15, 0.2) is 48.5 Å². The number of hydrogen-bond donors (Lipinski definition) is 3. The maximum absolute atomic E-state index is 12.4. The molecule has 5 amide bonds. The molecule has 0 saturated carbocycles. The monoisotopic (exact) mass is 494 g/mol. The van der Waals surface area contributed by atoms with Gasteiger partial charge >= 0.3 is 6.09 Å². The Labute approximate surface area is 209 Å². The lowest BCUT2D eigenvalue weighted by Gasteiger charge is -2.19. The summed E-state index contributed by atoms with van der Waals surface area (Å²) in [5.74, 6) is -1.32. The van der Waals surface area contributed by atoms with Gasteiger partial charge in [0.05, 0.1) is 11.1 Å². The minimum Gasteiger partial charge on any atom is -0.444 e. The van der Waals surface area contributed by atoms with E-state index in [4.69, 9.17) is 4.74 Å². The first-order valence-corrected chi connectivity index (χ1v) is 11.6. The van der Waals surface area contributed by atoms with E-state index in [1.807, 2.05) is 0 Å². The number of amides is 5. The lowest BCUT2D eigenvalue weighted by molar-refractivity contribution is -0.120. The molecule has 0 aromatic heterocycles. The van der Waals surface area contributed by atoms with Crippen molar-refractivity contribution >= 4 is 35.4 Å². The maximum atomic E-state index is 12.4. The Balaban J connectivity index is 1.40. The Kier molecular flexibility index (Phi) is 8.42. The van der Waals surface area contributed by atoms with E-state index in [0.717, 1.165) is 5.56 Å². The molecule has 3 N–H and O–H groups in total. The van der Waals surface area contributed by atoms with Crippen LogP contribution < -0.4 is 16.0 Å². The molecule has 0 aliphatic carbocycles. The molecule has 2 aromatic carbocycles. The average Bonchev–Trinajstić information content (AvgIpc) is 3.05. The molecular weight excluding hydrogens is 464 g/mol. The third kappa shape index (κ3) is 7.39. The molecule has 10 nitrogen and oxygen atoms in total. The SMILES string of the molecule is CC(C)(C)OC(=O)NCC(=O)NCc1cccc(NC(=O)CCCN2C(=O)c3ccccc3C2=O)c1. The fourth-order valence-corrected chi connectivity index (χ4v) is 3.55. The number of ether oxygens (including phenoxy) is 1. The summed E-state index contributed by atoms with van der Waals surface area (Å²) in [7, 11) is 0. The van der Waals surface area contributed by atoms with Gasteiger partial charge in [-0.1, -0.05) is 24.3 Å². The molecule has 0 fully saturated rings. The molecule has 3 rings (SSSR count). The maximum Gasteiger partial charge on any atom is 0.408 e. The van der Waals surface area contributed by atoms with Crippen molar-refractivity contribution < 1.29 is 28.7 Å². The molecule has 0 unspecified atom stereocenters. The number of benzene rings is 2. The quantitative estimate of drug-likeness (QED) is 0.459. The van der Waals surface area contributed by atoms with Crippen LogP contribution in [0.2, 0.25) is 0 Å². The summed E-state index contributed by atoms with van der Waals surface area (Å²) in [5.41, 5.74) is 1.43. The highest BCUT2D eigenvalue weighted by Gasteiger charge is 2.34. The summed E-state index contributed by atoms with van der Waals surface area (Å²) < 4.78 is 5.08. The number of nitrogens with zero attached hydrogens (tertiary/aromatic N) is 1. The van der Waals surface area contributed by atoms with Gasteiger partial charge in [-0.15, -0.1) is 0 Å². The lowest BCUT2D eigenvalue weighted by atomic mass is 10.1. The Morgan fingerprint density at radius 3 is 2.19 bits per heavy atom. The van der Waals surface area contributed by atoms with E-state index in [2.05, 4.69) is 16.0 Å².